The molecule has 0 saturated carbocycles. The van der Waals surface area contributed by atoms with E-state index in [1.165, 1.54) is 11.6 Å². The second kappa shape index (κ2) is 7.28. The van der Waals surface area contributed by atoms with E-state index in [0.717, 1.165) is 31.9 Å². The predicted octanol–water partition coefficient (Wildman–Crippen LogP) is 2.92. The molecule has 9 heteroatoms. The van der Waals surface area contributed by atoms with Gasteiger partial charge in [0.1, 0.15) is 10.5 Å². The number of aryl methyl sites for hydroxylation is 2. The third kappa shape index (κ3) is 3.36. The van der Waals surface area contributed by atoms with Gasteiger partial charge in [-0.25, -0.2) is 9.67 Å². The van der Waals surface area contributed by atoms with Gasteiger partial charge >= 0.3 is 0 Å². The summed E-state index contributed by atoms with van der Waals surface area (Å²) in [6.45, 7) is 1.83. The highest BCUT2D eigenvalue weighted by Gasteiger charge is 2.18. The zero-order valence-corrected chi connectivity index (χ0v) is 18.2. The Labute approximate surface area is 181 Å². The smallest absolute Gasteiger partial charge is 0.291 e. The van der Waals surface area contributed by atoms with Crippen molar-refractivity contribution in [3.05, 3.63) is 74.9 Å². The highest BCUT2D eigenvalue weighted by Crippen LogP contribution is 2.31. The fraction of sp³-hybridized carbons (Fsp3) is 0.227. The largest absolute Gasteiger partial charge is 0.323 e. The fourth-order valence-corrected chi connectivity index (χ4v) is 4.96. The van der Waals surface area contributed by atoms with Crippen molar-refractivity contribution in [2.24, 2.45) is 14.1 Å². The number of fused-ring (bicyclic) bond motifs is 3. The van der Waals surface area contributed by atoms with Crippen LogP contribution >= 0.6 is 11.3 Å². The molecule has 0 fully saturated rings. The van der Waals surface area contributed by atoms with E-state index in [2.05, 4.69) is 10.2 Å². The van der Waals surface area contributed by atoms with E-state index in [-0.39, 0.29) is 11.3 Å². The Bertz CT molecular complexity index is 1520. The maximum absolute atomic E-state index is 13.2. The normalized spacial score (nSPS) is 11.6. The highest BCUT2D eigenvalue weighted by molar-refractivity contribution is 7.19. The van der Waals surface area contributed by atoms with Gasteiger partial charge in [-0.2, -0.15) is 10.2 Å². The third-order valence-electron chi connectivity index (χ3n) is 5.35. The molecule has 156 valence electrons. The molecule has 5 rings (SSSR count). The number of hydrogen-bond donors (Lipinski definition) is 0. The van der Waals surface area contributed by atoms with Crippen molar-refractivity contribution in [1.29, 1.82) is 0 Å². The highest BCUT2D eigenvalue weighted by atomic mass is 32.1. The quantitative estimate of drug-likeness (QED) is 0.399. The van der Waals surface area contributed by atoms with E-state index < -0.39 is 0 Å². The number of ketones is 1. The molecule has 31 heavy (non-hydrogen) atoms. The number of carbonyl (C=O) groups is 1. The van der Waals surface area contributed by atoms with Crippen molar-refractivity contribution in [3.63, 3.8) is 0 Å². The number of thiazole rings is 1. The standard InChI is InChI=1S/C22H20N6O2S/c1-13(29)16-6-4-5-14(7-16)12-28-22(30)19-17(10-24-28)20-21(27(19)3)25-18(31-20)8-15-9-23-26(2)11-15/h4-7,9-11H,8,12H2,1-3H3. The van der Waals surface area contributed by atoms with Crippen molar-refractivity contribution in [2.45, 2.75) is 19.9 Å². The first kappa shape index (κ1) is 19.4. The summed E-state index contributed by atoms with van der Waals surface area (Å²) < 4.78 is 6.02. The Morgan fingerprint density at radius 3 is 2.71 bits per heavy atom. The number of aromatic nitrogens is 6. The molecule has 0 aliphatic carbocycles. The van der Waals surface area contributed by atoms with Crippen molar-refractivity contribution in [2.75, 3.05) is 0 Å². The molecule has 4 heterocycles. The lowest BCUT2D eigenvalue weighted by Gasteiger charge is -2.07. The van der Waals surface area contributed by atoms with Crippen LogP contribution in [0.4, 0.5) is 0 Å². The summed E-state index contributed by atoms with van der Waals surface area (Å²) in [4.78, 5) is 29.6. The van der Waals surface area contributed by atoms with Crippen LogP contribution in [-0.2, 0) is 27.1 Å². The van der Waals surface area contributed by atoms with Crippen LogP contribution in [0.5, 0.6) is 0 Å². The lowest BCUT2D eigenvalue weighted by atomic mass is 10.1. The van der Waals surface area contributed by atoms with Crippen molar-refractivity contribution in [3.8, 4) is 0 Å². The Morgan fingerprint density at radius 2 is 1.97 bits per heavy atom. The Morgan fingerprint density at radius 1 is 1.13 bits per heavy atom. The van der Waals surface area contributed by atoms with Crippen molar-refractivity contribution >= 4 is 38.4 Å². The number of rotatable bonds is 5. The first-order valence-electron chi connectivity index (χ1n) is 9.82. The summed E-state index contributed by atoms with van der Waals surface area (Å²) in [6.07, 6.45) is 6.25. The zero-order valence-electron chi connectivity index (χ0n) is 17.4. The van der Waals surface area contributed by atoms with Crippen LogP contribution in [0.1, 0.15) is 33.4 Å². The Hall–Kier alpha value is -3.59. The van der Waals surface area contributed by atoms with Crippen LogP contribution in [0.3, 0.4) is 0 Å². The summed E-state index contributed by atoms with van der Waals surface area (Å²) in [5.74, 6) is -0.00607. The van der Waals surface area contributed by atoms with E-state index in [9.17, 15) is 9.59 Å². The monoisotopic (exact) mass is 432 g/mol. The van der Waals surface area contributed by atoms with Crippen molar-refractivity contribution < 1.29 is 4.79 Å². The molecule has 0 N–H and O–H groups in total. The van der Waals surface area contributed by atoms with E-state index in [1.54, 1.807) is 34.3 Å². The number of Topliss-reactive ketones (excluding diaryl/α,β-unsaturated/α-hetero) is 1. The molecule has 5 aromatic rings. The molecule has 0 aliphatic heterocycles. The van der Waals surface area contributed by atoms with Gasteiger partial charge in [-0.3, -0.25) is 14.3 Å². The van der Waals surface area contributed by atoms with Crippen LogP contribution in [0.25, 0.3) is 21.3 Å². The SMILES string of the molecule is CC(=O)c1cccc(Cn2ncc3c4sc(Cc5cnn(C)c5)nc4n(C)c3c2=O)c1. The average molecular weight is 433 g/mol. The van der Waals surface area contributed by atoms with Gasteiger partial charge in [0.2, 0.25) is 0 Å². The zero-order chi connectivity index (χ0) is 21.7. The van der Waals surface area contributed by atoms with Gasteiger partial charge in [0, 0.05) is 37.7 Å². The first-order valence-corrected chi connectivity index (χ1v) is 10.6. The summed E-state index contributed by atoms with van der Waals surface area (Å²) in [6, 6.07) is 7.28. The maximum Gasteiger partial charge on any atom is 0.291 e. The Balaban J connectivity index is 1.54. The topological polar surface area (TPSA) is 87.6 Å². The summed E-state index contributed by atoms with van der Waals surface area (Å²) in [5, 5.41) is 10.4. The molecule has 8 nitrogen and oxygen atoms in total. The molecule has 0 radical (unpaired) electrons. The van der Waals surface area contributed by atoms with Gasteiger partial charge in [0.25, 0.3) is 5.56 Å². The van der Waals surface area contributed by atoms with E-state index in [1.807, 2.05) is 43.2 Å². The Kier molecular flexibility index (Phi) is 4.55. The molecule has 0 amide bonds. The maximum atomic E-state index is 13.2. The van der Waals surface area contributed by atoms with Gasteiger partial charge in [-0.05, 0) is 24.1 Å². The van der Waals surface area contributed by atoms with Crippen LogP contribution in [-0.4, -0.2) is 34.9 Å². The fourth-order valence-electron chi connectivity index (χ4n) is 3.82. The number of nitrogens with zero attached hydrogens (tertiary/aromatic N) is 6. The van der Waals surface area contributed by atoms with Crippen LogP contribution in [0, 0.1) is 0 Å². The lowest BCUT2D eigenvalue weighted by molar-refractivity contribution is 0.101. The molecule has 0 aliphatic rings. The molecule has 0 bridgehead atoms. The summed E-state index contributed by atoms with van der Waals surface area (Å²) >= 11 is 1.58. The molecule has 0 saturated heterocycles. The second-order valence-corrected chi connectivity index (χ2v) is 8.73. The minimum Gasteiger partial charge on any atom is -0.323 e. The van der Waals surface area contributed by atoms with E-state index >= 15 is 0 Å². The van der Waals surface area contributed by atoms with E-state index in [0.29, 0.717) is 24.0 Å². The van der Waals surface area contributed by atoms with Gasteiger partial charge in [0.05, 0.1) is 23.6 Å². The predicted molar refractivity (Wildman–Crippen MR) is 120 cm³/mol. The van der Waals surface area contributed by atoms with Gasteiger partial charge in [0.15, 0.2) is 11.4 Å². The lowest BCUT2D eigenvalue weighted by Crippen LogP contribution is -2.24. The molecular weight excluding hydrogens is 412 g/mol. The van der Waals surface area contributed by atoms with E-state index in [4.69, 9.17) is 4.98 Å². The first-order chi connectivity index (χ1) is 14.9. The molecule has 1 aromatic carbocycles. The number of carbonyl (C=O) groups excluding carboxylic acids is 1. The minimum absolute atomic E-state index is 0.00607. The molecule has 0 atom stereocenters. The number of hydrogen-bond acceptors (Lipinski definition) is 6. The molecule has 4 aromatic heterocycles. The van der Waals surface area contributed by atoms with Crippen molar-refractivity contribution in [1.82, 2.24) is 29.1 Å². The molecular formula is C22H20N6O2S. The van der Waals surface area contributed by atoms with Gasteiger partial charge < -0.3 is 4.57 Å². The average Bonchev–Trinajstić information content (AvgIpc) is 3.41. The van der Waals surface area contributed by atoms with Crippen LogP contribution < -0.4 is 5.56 Å². The minimum atomic E-state index is -0.174. The van der Waals surface area contributed by atoms with Gasteiger partial charge in [-0.15, -0.1) is 11.3 Å². The van der Waals surface area contributed by atoms with Gasteiger partial charge in [-0.1, -0.05) is 18.2 Å². The summed E-state index contributed by atoms with van der Waals surface area (Å²) in [5.41, 5.74) is 3.77. The number of benzene rings is 1. The van der Waals surface area contributed by atoms with Crippen LogP contribution in [0.15, 0.2) is 47.7 Å². The molecule has 0 unspecified atom stereocenters. The van der Waals surface area contributed by atoms with Crippen LogP contribution in [0.2, 0.25) is 0 Å². The molecule has 0 spiro atoms. The third-order valence-corrected chi connectivity index (χ3v) is 6.43. The summed E-state index contributed by atoms with van der Waals surface area (Å²) in [7, 11) is 3.75. The second-order valence-electron chi connectivity index (χ2n) is 7.64.